The minimum atomic E-state index is 0.466. The van der Waals surface area contributed by atoms with E-state index in [4.69, 9.17) is 0 Å². The maximum absolute atomic E-state index is 3.59. The zero-order chi connectivity index (χ0) is 10.7. The molecule has 1 saturated heterocycles. The minimum absolute atomic E-state index is 0.466. The van der Waals surface area contributed by atoms with Gasteiger partial charge in [-0.1, -0.05) is 25.7 Å². The van der Waals surface area contributed by atoms with Gasteiger partial charge in [-0.3, -0.25) is 0 Å². The van der Waals surface area contributed by atoms with Gasteiger partial charge in [0.2, 0.25) is 0 Å². The summed E-state index contributed by atoms with van der Waals surface area (Å²) in [7, 11) is 4.53. The van der Waals surface area contributed by atoms with Crippen LogP contribution in [-0.4, -0.2) is 37.6 Å². The van der Waals surface area contributed by atoms with Crippen LogP contribution in [0, 0.1) is 5.92 Å². The average Bonchev–Trinajstić information content (AvgIpc) is 2.71. The number of nitrogens with one attached hydrogen (secondary N) is 1. The molecule has 15 heavy (non-hydrogen) atoms. The third kappa shape index (κ3) is 2.54. The van der Waals surface area contributed by atoms with Crippen molar-refractivity contribution in [3.8, 4) is 0 Å². The molecule has 1 atom stereocenters. The summed E-state index contributed by atoms with van der Waals surface area (Å²) in [5.74, 6) is 1.01. The Hall–Kier alpha value is -0.0800. The van der Waals surface area contributed by atoms with Crippen molar-refractivity contribution in [2.75, 3.05) is 27.2 Å². The van der Waals surface area contributed by atoms with E-state index >= 15 is 0 Å². The van der Waals surface area contributed by atoms with Gasteiger partial charge >= 0.3 is 0 Å². The smallest absolute Gasteiger partial charge is 0.0330 e. The standard InChI is InChI=1S/C13H26N2/c1-15(2)13(8-5-9-14-11-13)10-12-6-3-4-7-12/h12,14H,3-11H2,1-2H3. The van der Waals surface area contributed by atoms with Crippen LogP contribution < -0.4 is 5.32 Å². The second-order valence-electron chi connectivity index (χ2n) is 5.75. The predicted molar refractivity (Wildman–Crippen MR) is 65.1 cm³/mol. The molecule has 1 N–H and O–H groups in total. The van der Waals surface area contributed by atoms with E-state index in [1.807, 2.05) is 0 Å². The Bertz CT molecular complexity index is 189. The van der Waals surface area contributed by atoms with Crippen molar-refractivity contribution in [2.45, 2.75) is 50.5 Å². The molecular weight excluding hydrogens is 184 g/mol. The van der Waals surface area contributed by atoms with Gasteiger partial charge in [0.05, 0.1) is 0 Å². The molecule has 2 nitrogen and oxygen atoms in total. The number of likely N-dealkylation sites (N-methyl/N-ethyl adjacent to an activating group) is 1. The molecule has 2 rings (SSSR count). The molecule has 1 saturated carbocycles. The fraction of sp³-hybridized carbons (Fsp3) is 1.00. The van der Waals surface area contributed by atoms with Gasteiger partial charge in [0.1, 0.15) is 0 Å². The van der Waals surface area contributed by atoms with Crippen LogP contribution >= 0.6 is 0 Å². The maximum Gasteiger partial charge on any atom is 0.0330 e. The van der Waals surface area contributed by atoms with Gasteiger partial charge in [-0.15, -0.1) is 0 Å². The Balaban J connectivity index is 1.97. The fourth-order valence-electron chi connectivity index (χ4n) is 3.44. The Morgan fingerprint density at radius 3 is 2.47 bits per heavy atom. The zero-order valence-corrected chi connectivity index (χ0v) is 10.4. The molecule has 0 aromatic heterocycles. The minimum Gasteiger partial charge on any atom is -0.315 e. The third-order valence-electron chi connectivity index (χ3n) is 4.54. The van der Waals surface area contributed by atoms with Crippen molar-refractivity contribution in [1.82, 2.24) is 10.2 Å². The third-order valence-corrected chi connectivity index (χ3v) is 4.54. The molecule has 88 valence electrons. The van der Waals surface area contributed by atoms with Gasteiger partial charge in [-0.05, 0) is 45.8 Å². The topological polar surface area (TPSA) is 15.3 Å². The molecule has 1 aliphatic heterocycles. The molecule has 0 aromatic rings. The van der Waals surface area contributed by atoms with E-state index in [0.29, 0.717) is 5.54 Å². The first-order valence-corrected chi connectivity index (χ1v) is 6.61. The molecule has 0 radical (unpaired) electrons. The monoisotopic (exact) mass is 210 g/mol. The predicted octanol–water partition coefficient (Wildman–Crippen LogP) is 2.25. The largest absolute Gasteiger partial charge is 0.315 e. The molecule has 0 bridgehead atoms. The van der Waals surface area contributed by atoms with Gasteiger partial charge in [0, 0.05) is 12.1 Å². The number of rotatable bonds is 3. The van der Waals surface area contributed by atoms with E-state index in [0.717, 1.165) is 5.92 Å². The average molecular weight is 210 g/mol. The number of hydrogen-bond donors (Lipinski definition) is 1. The van der Waals surface area contributed by atoms with E-state index in [1.54, 1.807) is 0 Å². The normalized spacial score (nSPS) is 33.8. The Morgan fingerprint density at radius 2 is 1.93 bits per heavy atom. The highest BCUT2D eigenvalue weighted by Crippen LogP contribution is 2.36. The molecule has 0 spiro atoms. The van der Waals surface area contributed by atoms with Crippen molar-refractivity contribution >= 4 is 0 Å². The molecule has 1 heterocycles. The molecule has 1 aliphatic carbocycles. The lowest BCUT2D eigenvalue weighted by atomic mass is 9.80. The quantitative estimate of drug-likeness (QED) is 0.768. The zero-order valence-electron chi connectivity index (χ0n) is 10.4. The second kappa shape index (κ2) is 4.84. The number of piperidine rings is 1. The summed E-state index contributed by atoms with van der Waals surface area (Å²) in [4.78, 5) is 2.48. The lowest BCUT2D eigenvalue weighted by Crippen LogP contribution is -2.55. The SMILES string of the molecule is CN(C)C1(CC2CCCC2)CCCNC1. The first-order valence-electron chi connectivity index (χ1n) is 6.61. The van der Waals surface area contributed by atoms with Crippen LogP contribution in [0.15, 0.2) is 0 Å². The molecule has 2 heteroatoms. The Kier molecular flexibility index (Phi) is 3.68. The second-order valence-corrected chi connectivity index (χ2v) is 5.75. The van der Waals surface area contributed by atoms with Crippen LogP contribution in [-0.2, 0) is 0 Å². The van der Waals surface area contributed by atoms with E-state index in [9.17, 15) is 0 Å². The summed E-state index contributed by atoms with van der Waals surface area (Å²) in [6.45, 7) is 2.43. The van der Waals surface area contributed by atoms with Crippen LogP contribution in [0.2, 0.25) is 0 Å². The number of hydrogen-bond acceptors (Lipinski definition) is 2. The van der Waals surface area contributed by atoms with Gasteiger partial charge in [-0.2, -0.15) is 0 Å². The van der Waals surface area contributed by atoms with Crippen LogP contribution in [0.25, 0.3) is 0 Å². The summed E-state index contributed by atoms with van der Waals surface area (Å²) in [6, 6.07) is 0. The van der Waals surface area contributed by atoms with E-state index in [2.05, 4.69) is 24.3 Å². The highest BCUT2D eigenvalue weighted by molar-refractivity contribution is 4.95. The summed E-state index contributed by atoms with van der Waals surface area (Å²) in [6.07, 6.45) is 10.1. The van der Waals surface area contributed by atoms with E-state index in [-0.39, 0.29) is 0 Å². The van der Waals surface area contributed by atoms with Gasteiger partial charge in [0.15, 0.2) is 0 Å². The highest BCUT2D eigenvalue weighted by atomic mass is 15.2. The molecule has 0 aromatic carbocycles. The van der Waals surface area contributed by atoms with Crippen molar-refractivity contribution < 1.29 is 0 Å². The fourth-order valence-corrected chi connectivity index (χ4v) is 3.44. The van der Waals surface area contributed by atoms with Crippen molar-refractivity contribution in [2.24, 2.45) is 5.92 Å². The van der Waals surface area contributed by atoms with Crippen molar-refractivity contribution in [3.05, 3.63) is 0 Å². The van der Waals surface area contributed by atoms with E-state index in [1.165, 1.54) is 58.0 Å². The summed E-state index contributed by atoms with van der Waals surface area (Å²) < 4.78 is 0. The van der Waals surface area contributed by atoms with Crippen LogP contribution in [0.1, 0.15) is 44.9 Å². The van der Waals surface area contributed by atoms with Crippen molar-refractivity contribution in [1.29, 1.82) is 0 Å². The maximum atomic E-state index is 3.59. The first-order chi connectivity index (χ1) is 7.23. The van der Waals surface area contributed by atoms with Crippen LogP contribution in [0.4, 0.5) is 0 Å². The molecule has 2 aliphatic rings. The first kappa shape index (κ1) is 11.4. The van der Waals surface area contributed by atoms with Crippen LogP contribution in [0.5, 0.6) is 0 Å². The molecular formula is C13H26N2. The number of nitrogens with zero attached hydrogens (tertiary/aromatic N) is 1. The Morgan fingerprint density at radius 1 is 1.20 bits per heavy atom. The summed E-state index contributed by atoms with van der Waals surface area (Å²) in [5, 5.41) is 3.59. The van der Waals surface area contributed by atoms with Gasteiger partial charge in [0.25, 0.3) is 0 Å². The lowest BCUT2D eigenvalue weighted by Gasteiger charge is -2.45. The van der Waals surface area contributed by atoms with Crippen molar-refractivity contribution in [3.63, 3.8) is 0 Å². The Labute approximate surface area is 94.4 Å². The molecule has 1 unspecified atom stereocenters. The van der Waals surface area contributed by atoms with Crippen LogP contribution in [0.3, 0.4) is 0 Å². The van der Waals surface area contributed by atoms with Gasteiger partial charge in [-0.25, -0.2) is 0 Å². The summed E-state index contributed by atoms with van der Waals surface area (Å²) in [5.41, 5.74) is 0.466. The highest BCUT2D eigenvalue weighted by Gasteiger charge is 2.36. The lowest BCUT2D eigenvalue weighted by molar-refractivity contribution is 0.0850. The molecule has 0 amide bonds. The van der Waals surface area contributed by atoms with Gasteiger partial charge < -0.3 is 10.2 Å². The molecule has 2 fully saturated rings. The van der Waals surface area contributed by atoms with E-state index < -0.39 is 0 Å². The summed E-state index contributed by atoms with van der Waals surface area (Å²) >= 11 is 0.